The minimum absolute atomic E-state index is 0.302. The van der Waals surface area contributed by atoms with E-state index >= 15 is 0 Å². The molecule has 0 unspecified atom stereocenters. The minimum Gasteiger partial charge on any atom is -0.463 e. The lowest BCUT2D eigenvalue weighted by Crippen LogP contribution is -1.98. The first-order valence-corrected chi connectivity index (χ1v) is 5.62. The van der Waals surface area contributed by atoms with Crippen LogP contribution >= 0.6 is 11.3 Å². The zero-order valence-electron chi connectivity index (χ0n) is 9.16. The summed E-state index contributed by atoms with van der Waals surface area (Å²) < 4.78 is 4.80. The van der Waals surface area contributed by atoms with Gasteiger partial charge in [-0.3, -0.25) is 0 Å². The van der Waals surface area contributed by atoms with E-state index in [0.29, 0.717) is 6.61 Å². The Bertz CT molecular complexity index is 369. The van der Waals surface area contributed by atoms with Crippen molar-refractivity contribution in [2.45, 2.75) is 13.8 Å². The number of carbonyl (C=O) groups excluding carboxylic acids is 1. The average Bonchev–Trinajstić information content (AvgIpc) is 2.56. The van der Waals surface area contributed by atoms with Crippen molar-refractivity contribution in [2.75, 3.05) is 19.0 Å². The van der Waals surface area contributed by atoms with Gasteiger partial charge >= 0.3 is 5.97 Å². The first kappa shape index (κ1) is 11.8. The predicted molar refractivity (Wildman–Crippen MR) is 64.3 cm³/mol. The smallest absolute Gasteiger partial charge is 0.330 e. The van der Waals surface area contributed by atoms with Gasteiger partial charge in [-0.25, -0.2) is 4.79 Å². The molecular formula is C11H15NO2S. The third-order valence-corrected chi connectivity index (χ3v) is 2.88. The average molecular weight is 225 g/mol. The van der Waals surface area contributed by atoms with Gasteiger partial charge in [0, 0.05) is 23.6 Å². The molecule has 0 aromatic carbocycles. The molecule has 0 saturated carbocycles. The molecule has 0 aliphatic rings. The molecular weight excluding hydrogens is 210 g/mol. The van der Waals surface area contributed by atoms with E-state index in [9.17, 15) is 4.79 Å². The molecule has 1 N–H and O–H groups in total. The molecule has 0 bridgehead atoms. The summed E-state index contributed by atoms with van der Waals surface area (Å²) in [6.45, 7) is 4.23. The molecule has 1 aromatic heterocycles. The fraction of sp³-hybridized carbons (Fsp3) is 0.364. The molecule has 4 heteroatoms. The lowest BCUT2D eigenvalue weighted by Gasteiger charge is -1.97. The van der Waals surface area contributed by atoms with Crippen molar-refractivity contribution in [1.82, 2.24) is 0 Å². The second-order valence-electron chi connectivity index (χ2n) is 2.98. The van der Waals surface area contributed by atoms with Crippen LogP contribution in [0.4, 0.5) is 5.00 Å². The SMILES string of the molecule is CCOC(=O)/C=C/c1cc(C)sc1NC. The van der Waals surface area contributed by atoms with E-state index in [1.807, 2.05) is 20.0 Å². The summed E-state index contributed by atoms with van der Waals surface area (Å²) in [5.74, 6) is -0.302. The van der Waals surface area contributed by atoms with Crippen molar-refractivity contribution in [1.29, 1.82) is 0 Å². The van der Waals surface area contributed by atoms with Gasteiger partial charge in [0.2, 0.25) is 0 Å². The molecule has 82 valence electrons. The molecule has 0 saturated heterocycles. The zero-order valence-corrected chi connectivity index (χ0v) is 9.98. The molecule has 0 spiro atoms. The maximum absolute atomic E-state index is 11.1. The Morgan fingerprint density at radius 2 is 2.40 bits per heavy atom. The molecule has 1 heterocycles. The fourth-order valence-electron chi connectivity index (χ4n) is 1.20. The van der Waals surface area contributed by atoms with E-state index in [-0.39, 0.29) is 5.97 Å². The van der Waals surface area contributed by atoms with Gasteiger partial charge in [0.15, 0.2) is 0 Å². The van der Waals surface area contributed by atoms with Crippen LogP contribution in [0.5, 0.6) is 0 Å². The minimum atomic E-state index is -0.302. The summed E-state index contributed by atoms with van der Waals surface area (Å²) in [7, 11) is 1.87. The van der Waals surface area contributed by atoms with Crippen LogP contribution in [0.1, 0.15) is 17.4 Å². The largest absolute Gasteiger partial charge is 0.463 e. The van der Waals surface area contributed by atoms with Gasteiger partial charge in [0.1, 0.15) is 0 Å². The van der Waals surface area contributed by atoms with Gasteiger partial charge < -0.3 is 10.1 Å². The monoisotopic (exact) mass is 225 g/mol. The van der Waals surface area contributed by atoms with Crippen LogP contribution < -0.4 is 5.32 Å². The van der Waals surface area contributed by atoms with Gasteiger partial charge in [-0.05, 0) is 26.0 Å². The first-order chi connectivity index (χ1) is 7.17. The number of ether oxygens (including phenoxy) is 1. The van der Waals surface area contributed by atoms with Crippen LogP contribution in [0.15, 0.2) is 12.1 Å². The fourth-order valence-corrected chi connectivity index (χ4v) is 2.06. The highest BCUT2D eigenvalue weighted by Crippen LogP contribution is 2.27. The van der Waals surface area contributed by atoms with Crippen LogP contribution in [-0.4, -0.2) is 19.6 Å². The Hall–Kier alpha value is -1.29. The van der Waals surface area contributed by atoms with Crippen molar-refractivity contribution in [3.05, 3.63) is 22.6 Å². The third-order valence-electron chi connectivity index (χ3n) is 1.80. The highest BCUT2D eigenvalue weighted by atomic mass is 32.1. The second kappa shape index (κ2) is 5.56. The number of nitrogens with one attached hydrogen (secondary N) is 1. The van der Waals surface area contributed by atoms with Crippen LogP contribution in [0.2, 0.25) is 0 Å². The van der Waals surface area contributed by atoms with Crippen molar-refractivity contribution in [3.8, 4) is 0 Å². The Morgan fingerprint density at radius 3 is 3.00 bits per heavy atom. The van der Waals surface area contributed by atoms with Crippen molar-refractivity contribution in [3.63, 3.8) is 0 Å². The molecule has 1 aromatic rings. The van der Waals surface area contributed by atoms with E-state index in [1.165, 1.54) is 11.0 Å². The van der Waals surface area contributed by atoms with Crippen molar-refractivity contribution < 1.29 is 9.53 Å². The normalized spacial score (nSPS) is 10.6. The molecule has 0 amide bonds. The maximum Gasteiger partial charge on any atom is 0.330 e. The standard InChI is InChI=1S/C11H15NO2S/c1-4-14-10(13)6-5-9-7-8(2)15-11(9)12-3/h5-7,12H,4H2,1-3H3/b6-5+. The van der Waals surface area contributed by atoms with E-state index in [1.54, 1.807) is 24.3 Å². The molecule has 1 rings (SSSR count). The second-order valence-corrected chi connectivity index (χ2v) is 4.23. The van der Waals surface area contributed by atoms with E-state index < -0.39 is 0 Å². The summed E-state index contributed by atoms with van der Waals surface area (Å²) in [5.41, 5.74) is 1.02. The van der Waals surface area contributed by atoms with Gasteiger partial charge in [-0.1, -0.05) is 0 Å². The molecule has 3 nitrogen and oxygen atoms in total. The lowest BCUT2D eigenvalue weighted by molar-refractivity contribution is -0.137. The lowest BCUT2D eigenvalue weighted by atomic mass is 10.2. The summed E-state index contributed by atoms with van der Waals surface area (Å²) in [6.07, 6.45) is 3.22. The summed E-state index contributed by atoms with van der Waals surface area (Å²) in [5, 5.41) is 4.15. The number of hydrogen-bond acceptors (Lipinski definition) is 4. The zero-order chi connectivity index (χ0) is 11.3. The molecule has 0 fully saturated rings. The van der Waals surface area contributed by atoms with Gasteiger partial charge in [0.25, 0.3) is 0 Å². The van der Waals surface area contributed by atoms with E-state index in [2.05, 4.69) is 5.32 Å². The van der Waals surface area contributed by atoms with Crippen LogP contribution in [0.3, 0.4) is 0 Å². The summed E-state index contributed by atoms with van der Waals surface area (Å²) in [4.78, 5) is 12.3. The summed E-state index contributed by atoms with van der Waals surface area (Å²) >= 11 is 1.66. The number of hydrogen-bond donors (Lipinski definition) is 1. The van der Waals surface area contributed by atoms with Crippen LogP contribution in [-0.2, 0) is 9.53 Å². The first-order valence-electron chi connectivity index (χ1n) is 4.80. The number of carbonyl (C=O) groups is 1. The van der Waals surface area contributed by atoms with Crippen LogP contribution in [0, 0.1) is 6.92 Å². The van der Waals surface area contributed by atoms with E-state index in [4.69, 9.17) is 4.74 Å². The van der Waals surface area contributed by atoms with Crippen molar-refractivity contribution in [2.24, 2.45) is 0 Å². The summed E-state index contributed by atoms with van der Waals surface area (Å²) in [6, 6.07) is 2.03. The number of rotatable bonds is 4. The Morgan fingerprint density at radius 1 is 1.67 bits per heavy atom. The van der Waals surface area contributed by atoms with Gasteiger partial charge in [0.05, 0.1) is 11.6 Å². The Labute approximate surface area is 93.8 Å². The number of aryl methyl sites for hydroxylation is 1. The maximum atomic E-state index is 11.1. The predicted octanol–water partition coefficient (Wildman–Crippen LogP) is 2.67. The van der Waals surface area contributed by atoms with Crippen molar-refractivity contribution >= 4 is 28.4 Å². The van der Waals surface area contributed by atoms with E-state index in [0.717, 1.165) is 10.6 Å². The molecule has 0 aliphatic heterocycles. The molecule has 0 radical (unpaired) electrons. The number of anilines is 1. The molecule has 0 aliphatic carbocycles. The number of thiophene rings is 1. The Balaban J connectivity index is 2.74. The molecule has 0 atom stereocenters. The van der Waals surface area contributed by atoms with Gasteiger partial charge in [-0.2, -0.15) is 0 Å². The third kappa shape index (κ3) is 3.40. The highest BCUT2D eigenvalue weighted by molar-refractivity contribution is 7.16. The highest BCUT2D eigenvalue weighted by Gasteiger charge is 2.02. The molecule has 15 heavy (non-hydrogen) atoms. The van der Waals surface area contributed by atoms with Crippen LogP contribution in [0.25, 0.3) is 6.08 Å². The quantitative estimate of drug-likeness (QED) is 0.632. The van der Waals surface area contributed by atoms with Gasteiger partial charge in [-0.15, -0.1) is 11.3 Å². The topological polar surface area (TPSA) is 38.3 Å². The number of esters is 1. The Kier molecular flexibility index (Phi) is 4.37.